The van der Waals surface area contributed by atoms with Gasteiger partial charge in [-0.2, -0.15) is 0 Å². The molecule has 144 valence electrons. The van der Waals surface area contributed by atoms with E-state index in [0.29, 0.717) is 0 Å². The molecule has 4 rings (SSSR count). The summed E-state index contributed by atoms with van der Waals surface area (Å²) >= 11 is 25.3. The van der Waals surface area contributed by atoms with Crippen LogP contribution in [0.25, 0.3) is 5.31 Å². The van der Waals surface area contributed by atoms with Crippen LogP contribution in [0.15, 0.2) is 35.6 Å². The molecular weight excluding hydrogens is 449 g/mol. The number of halogens is 4. The second kappa shape index (κ2) is 5.92. The van der Waals surface area contributed by atoms with Crippen molar-refractivity contribution in [2.75, 3.05) is 7.11 Å². The van der Waals surface area contributed by atoms with Gasteiger partial charge < -0.3 is 0 Å². The molecule has 0 bridgehead atoms. The van der Waals surface area contributed by atoms with Crippen molar-refractivity contribution < 1.29 is 13.6 Å². The van der Waals surface area contributed by atoms with Crippen molar-refractivity contribution in [1.82, 2.24) is 0 Å². The van der Waals surface area contributed by atoms with Crippen molar-refractivity contribution in [3.63, 3.8) is 0 Å². The van der Waals surface area contributed by atoms with E-state index in [-0.39, 0.29) is 37.0 Å². The predicted molar refractivity (Wildman–Crippen MR) is 114 cm³/mol. The number of hydrogen-bond donors (Lipinski definition) is 0. The summed E-state index contributed by atoms with van der Waals surface area (Å²) in [5.74, 6) is 0.534. The molecule has 0 fully saturated rings. The Labute approximate surface area is 178 Å². The summed E-state index contributed by atoms with van der Waals surface area (Å²) in [4.78, 5) is 0. The van der Waals surface area contributed by atoms with Gasteiger partial charge in [0.1, 0.15) is 0 Å². The Morgan fingerprint density at radius 3 is 1.70 bits per heavy atom. The van der Waals surface area contributed by atoms with Crippen molar-refractivity contribution in [1.29, 1.82) is 0 Å². The third kappa shape index (κ3) is 2.43. The number of fused-ring (bicyclic) bond motifs is 1. The van der Waals surface area contributed by atoms with Crippen LogP contribution < -0.4 is 9.05 Å². The van der Waals surface area contributed by atoms with Gasteiger partial charge in [0.25, 0.3) is 0 Å². The first-order chi connectivity index (χ1) is 12.6. The fourth-order valence-electron chi connectivity index (χ4n) is 3.72. The number of hydrogen-bond acceptors (Lipinski definition) is 3. The zero-order valence-electron chi connectivity index (χ0n) is 15.1. The van der Waals surface area contributed by atoms with Crippen LogP contribution in [0, 0.1) is 5.41 Å². The van der Waals surface area contributed by atoms with Crippen molar-refractivity contribution in [3.05, 3.63) is 61.3 Å². The molecule has 0 saturated carbocycles. The molecule has 2 aliphatic heterocycles. The molecular formula is C19H17Cl4O3P. The predicted octanol–water partition coefficient (Wildman–Crippen LogP) is 8.44. The van der Waals surface area contributed by atoms with Crippen molar-refractivity contribution in [3.8, 4) is 11.5 Å². The normalized spacial score (nSPS) is 20.5. The number of allylic oxidation sites excluding steroid dienone is 1. The van der Waals surface area contributed by atoms with Gasteiger partial charge in [-0.3, -0.25) is 0 Å². The van der Waals surface area contributed by atoms with Crippen LogP contribution in [-0.4, -0.2) is 7.11 Å². The van der Waals surface area contributed by atoms with Gasteiger partial charge in [-0.05, 0) is 0 Å². The Balaban J connectivity index is 1.97. The zero-order valence-corrected chi connectivity index (χ0v) is 19.0. The Kier molecular flexibility index (Phi) is 4.31. The molecule has 27 heavy (non-hydrogen) atoms. The van der Waals surface area contributed by atoms with Gasteiger partial charge in [0.15, 0.2) is 0 Å². The number of rotatable bonds is 2. The quantitative estimate of drug-likeness (QED) is 0.253. The van der Waals surface area contributed by atoms with Crippen LogP contribution in [0.4, 0.5) is 0 Å². The van der Waals surface area contributed by atoms with E-state index in [9.17, 15) is 0 Å². The minimum atomic E-state index is -3.82. The number of benzene rings is 2. The van der Waals surface area contributed by atoms with Crippen LogP contribution >= 0.6 is 53.7 Å². The van der Waals surface area contributed by atoms with Crippen LogP contribution in [-0.2, 0) is 4.52 Å². The SMILES string of the molecule is COP12(Oc3c(Cl)c(Cl)c(Cl)c(Cl)c3O1)C(c1ccccc1)=C2C(C)(C)C. The third-order valence-electron chi connectivity index (χ3n) is 4.73. The molecule has 0 N–H and O–H groups in total. The Morgan fingerprint density at radius 1 is 0.815 bits per heavy atom. The second-order valence-corrected chi connectivity index (χ2v) is 12.4. The molecule has 3 nitrogen and oxygen atoms in total. The van der Waals surface area contributed by atoms with E-state index in [0.717, 1.165) is 16.2 Å². The van der Waals surface area contributed by atoms with E-state index in [2.05, 4.69) is 20.8 Å². The first-order valence-corrected chi connectivity index (χ1v) is 11.7. The van der Waals surface area contributed by atoms with Gasteiger partial charge in [-0.15, -0.1) is 0 Å². The average molecular weight is 466 g/mol. The molecule has 0 aliphatic carbocycles. The summed E-state index contributed by atoms with van der Waals surface area (Å²) in [5.41, 5.74) is 0.701. The second-order valence-electron chi connectivity index (χ2n) is 7.48. The standard InChI is InChI=1S/C19H17Cl4O3P/c1-19(2,3)18-17(10-8-6-5-7-9-10)27(18,24-4)25-15-13(22)11(20)12(21)14(23)16(15)26-27/h5-9H,1-4H3. The van der Waals surface area contributed by atoms with E-state index < -0.39 is 7.28 Å². The van der Waals surface area contributed by atoms with Gasteiger partial charge in [-0.1, -0.05) is 0 Å². The van der Waals surface area contributed by atoms with E-state index >= 15 is 0 Å². The summed E-state index contributed by atoms with van der Waals surface area (Å²) in [5, 5.41) is 2.45. The van der Waals surface area contributed by atoms with Gasteiger partial charge in [0, 0.05) is 0 Å². The summed E-state index contributed by atoms with van der Waals surface area (Å²) in [6, 6.07) is 9.87. The van der Waals surface area contributed by atoms with Crippen molar-refractivity contribution in [2.24, 2.45) is 5.41 Å². The minimum absolute atomic E-state index is 0.126. The summed E-state index contributed by atoms with van der Waals surface area (Å²) in [7, 11) is -2.24. The first-order valence-electron chi connectivity index (χ1n) is 8.23. The summed E-state index contributed by atoms with van der Waals surface area (Å²) in [6.45, 7) is 6.26. The molecule has 0 unspecified atom stereocenters. The van der Waals surface area contributed by atoms with Crippen molar-refractivity contribution >= 4 is 59.0 Å². The molecule has 8 heteroatoms. The van der Waals surface area contributed by atoms with Crippen LogP contribution in [0.1, 0.15) is 26.3 Å². The molecule has 0 atom stereocenters. The topological polar surface area (TPSA) is 27.7 Å². The Morgan fingerprint density at radius 2 is 1.30 bits per heavy atom. The van der Waals surface area contributed by atoms with Gasteiger partial charge in [-0.25, -0.2) is 0 Å². The monoisotopic (exact) mass is 464 g/mol. The fraction of sp³-hybridized carbons (Fsp3) is 0.263. The average Bonchev–Trinajstić information content (AvgIpc) is 3.09. The molecule has 0 saturated heterocycles. The van der Waals surface area contributed by atoms with Crippen LogP contribution in [0.5, 0.6) is 11.5 Å². The molecule has 2 aromatic rings. The van der Waals surface area contributed by atoms with Crippen molar-refractivity contribution in [2.45, 2.75) is 20.8 Å². The molecule has 2 aliphatic rings. The van der Waals surface area contributed by atoms with E-state index in [1.54, 1.807) is 7.11 Å². The van der Waals surface area contributed by atoms with Crippen LogP contribution in [0.3, 0.4) is 0 Å². The zero-order chi connectivity index (χ0) is 19.8. The molecule has 0 radical (unpaired) electrons. The van der Waals surface area contributed by atoms with Gasteiger partial charge >= 0.3 is 179 Å². The maximum absolute atomic E-state index is 6.45. The molecule has 0 amide bonds. The van der Waals surface area contributed by atoms with E-state index in [1.165, 1.54) is 0 Å². The Hall–Kier alpha value is -0.670. The van der Waals surface area contributed by atoms with E-state index in [4.69, 9.17) is 60.0 Å². The molecule has 2 aromatic carbocycles. The van der Waals surface area contributed by atoms with Gasteiger partial charge in [0.2, 0.25) is 0 Å². The molecule has 2 heterocycles. The maximum atomic E-state index is 6.45. The first kappa shape index (κ1) is 19.6. The van der Waals surface area contributed by atoms with E-state index in [1.807, 2.05) is 30.3 Å². The van der Waals surface area contributed by atoms with Gasteiger partial charge in [0.05, 0.1) is 0 Å². The third-order valence-corrected chi connectivity index (χ3v) is 10.9. The van der Waals surface area contributed by atoms with Crippen LogP contribution in [0.2, 0.25) is 20.1 Å². The Bertz CT molecular complexity index is 975. The molecule has 0 aromatic heterocycles. The summed E-state index contributed by atoms with van der Waals surface area (Å²) in [6.07, 6.45) is 0. The summed E-state index contributed by atoms with van der Waals surface area (Å²) < 4.78 is 19.0. The molecule has 1 spiro atoms. The fourth-order valence-corrected chi connectivity index (χ4v) is 9.79.